The lowest BCUT2D eigenvalue weighted by Crippen LogP contribution is -2.44. The minimum Gasteiger partial charge on any atom is -0.285 e. The molecule has 1 aromatic carbocycles. The number of carbonyl (C=O) groups is 1. The number of carbonyl (C=O) groups excluding carboxylic acids is 1. The first-order chi connectivity index (χ1) is 8.74. The summed E-state index contributed by atoms with van der Waals surface area (Å²) in [6, 6.07) is 6.15. The number of rotatable bonds is 3. The molecule has 1 aromatic rings. The molecule has 1 fully saturated rings. The van der Waals surface area contributed by atoms with E-state index in [2.05, 4.69) is 5.43 Å². The molecule has 1 saturated heterocycles. The normalized spacial score (nSPS) is 16.9. The van der Waals surface area contributed by atoms with Crippen molar-refractivity contribution in [2.45, 2.75) is 19.3 Å². The molecule has 4 heteroatoms. The van der Waals surface area contributed by atoms with Gasteiger partial charge in [-0.1, -0.05) is 18.6 Å². The molecule has 0 unspecified atom stereocenters. The van der Waals surface area contributed by atoms with Gasteiger partial charge in [0.25, 0.3) is 5.91 Å². The van der Waals surface area contributed by atoms with Crippen LogP contribution in [0.15, 0.2) is 30.3 Å². The summed E-state index contributed by atoms with van der Waals surface area (Å²) in [4.78, 5) is 11.6. The number of piperidine rings is 1. The van der Waals surface area contributed by atoms with Crippen molar-refractivity contribution in [3.05, 3.63) is 41.7 Å². The third-order valence-electron chi connectivity index (χ3n) is 2.90. The van der Waals surface area contributed by atoms with E-state index >= 15 is 0 Å². The second kappa shape index (κ2) is 6.31. The molecule has 3 nitrogen and oxygen atoms in total. The number of nitrogens with zero attached hydrogens (tertiary/aromatic N) is 1. The van der Waals surface area contributed by atoms with Crippen LogP contribution in [-0.4, -0.2) is 24.0 Å². The molecule has 2 rings (SSSR count). The summed E-state index contributed by atoms with van der Waals surface area (Å²) in [5, 5.41) is 1.93. The van der Waals surface area contributed by atoms with Crippen LogP contribution >= 0.6 is 0 Å². The summed E-state index contributed by atoms with van der Waals surface area (Å²) >= 11 is 0. The molecule has 1 aliphatic rings. The molecule has 0 aromatic heterocycles. The second-order valence-electron chi connectivity index (χ2n) is 4.41. The lowest BCUT2D eigenvalue weighted by molar-refractivity contribution is -0.121. The van der Waals surface area contributed by atoms with Crippen molar-refractivity contribution in [1.82, 2.24) is 10.4 Å². The van der Waals surface area contributed by atoms with E-state index in [4.69, 9.17) is 0 Å². The molecule has 1 heterocycles. The van der Waals surface area contributed by atoms with Gasteiger partial charge in [-0.25, -0.2) is 9.40 Å². The Balaban J connectivity index is 1.86. The van der Waals surface area contributed by atoms with Crippen molar-refractivity contribution < 1.29 is 9.18 Å². The van der Waals surface area contributed by atoms with Gasteiger partial charge >= 0.3 is 0 Å². The smallest absolute Gasteiger partial charge is 0.258 e. The van der Waals surface area contributed by atoms with Gasteiger partial charge in [0.15, 0.2) is 0 Å². The van der Waals surface area contributed by atoms with Crippen LogP contribution < -0.4 is 5.43 Å². The van der Waals surface area contributed by atoms with E-state index in [0.29, 0.717) is 5.56 Å². The van der Waals surface area contributed by atoms with E-state index < -0.39 is 0 Å². The zero-order valence-electron chi connectivity index (χ0n) is 10.2. The Morgan fingerprint density at radius 2 is 2.06 bits per heavy atom. The van der Waals surface area contributed by atoms with E-state index in [1.54, 1.807) is 18.2 Å². The first-order valence-electron chi connectivity index (χ1n) is 6.23. The highest BCUT2D eigenvalue weighted by Gasteiger charge is 2.10. The SMILES string of the molecule is O=C(/C=C/c1cccc(F)c1)NN1CCCCC1. The Hall–Kier alpha value is -1.68. The van der Waals surface area contributed by atoms with Gasteiger partial charge < -0.3 is 0 Å². The summed E-state index contributed by atoms with van der Waals surface area (Å²) in [7, 11) is 0. The summed E-state index contributed by atoms with van der Waals surface area (Å²) in [6.07, 6.45) is 6.51. The van der Waals surface area contributed by atoms with Crippen molar-refractivity contribution in [1.29, 1.82) is 0 Å². The van der Waals surface area contributed by atoms with Gasteiger partial charge in [0.05, 0.1) is 0 Å². The molecule has 18 heavy (non-hydrogen) atoms. The Morgan fingerprint density at radius 3 is 2.78 bits per heavy atom. The molecule has 1 aliphatic heterocycles. The number of hydrogen-bond acceptors (Lipinski definition) is 2. The number of halogens is 1. The van der Waals surface area contributed by atoms with Crippen LogP contribution in [0.1, 0.15) is 24.8 Å². The summed E-state index contributed by atoms with van der Waals surface area (Å²) in [5.74, 6) is -0.463. The van der Waals surface area contributed by atoms with Crippen LogP contribution in [0.25, 0.3) is 6.08 Å². The maximum absolute atomic E-state index is 12.9. The summed E-state index contributed by atoms with van der Waals surface area (Å²) in [6.45, 7) is 1.80. The van der Waals surface area contributed by atoms with E-state index in [1.165, 1.54) is 24.6 Å². The summed E-state index contributed by atoms with van der Waals surface area (Å²) < 4.78 is 12.9. The van der Waals surface area contributed by atoms with Gasteiger partial charge in [-0.3, -0.25) is 10.2 Å². The first kappa shape index (κ1) is 12.8. The molecule has 0 saturated carbocycles. The van der Waals surface area contributed by atoms with Crippen LogP contribution in [-0.2, 0) is 4.79 Å². The van der Waals surface area contributed by atoms with Crippen LogP contribution in [0.2, 0.25) is 0 Å². The molecule has 1 N–H and O–H groups in total. The first-order valence-corrected chi connectivity index (χ1v) is 6.23. The van der Waals surface area contributed by atoms with Gasteiger partial charge in [0.2, 0.25) is 0 Å². The zero-order chi connectivity index (χ0) is 12.8. The van der Waals surface area contributed by atoms with Crippen molar-refractivity contribution in [2.24, 2.45) is 0 Å². The third-order valence-corrected chi connectivity index (χ3v) is 2.90. The molecular formula is C14H17FN2O. The van der Waals surface area contributed by atoms with Crippen LogP contribution in [0, 0.1) is 5.82 Å². The van der Waals surface area contributed by atoms with Crippen LogP contribution in [0.3, 0.4) is 0 Å². The van der Waals surface area contributed by atoms with E-state index in [0.717, 1.165) is 25.9 Å². The maximum atomic E-state index is 12.9. The zero-order valence-corrected chi connectivity index (χ0v) is 10.2. The fraction of sp³-hybridized carbons (Fsp3) is 0.357. The number of nitrogens with one attached hydrogen (secondary N) is 1. The van der Waals surface area contributed by atoms with E-state index in [-0.39, 0.29) is 11.7 Å². The molecule has 0 spiro atoms. The second-order valence-corrected chi connectivity index (χ2v) is 4.41. The van der Waals surface area contributed by atoms with Gasteiger partial charge in [0.1, 0.15) is 5.82 Å². The Labute approximate surface area is 106 Å². The largest absolute Gasteiger partial charge is 0.285 e. The van der Waals surface area contributed by atoms with E-state index in [1.807, 2.05) is 5.01 Å². The number of benzene rings is 1. The predicted molar refractivity (Wildman–Crippen MR) is 69.0 cm³/mol. The highest BCUT2D eigenvalue weighted by Crippen LogP contribution is 2.07. The Kier molecular flexibility index (Phi) is 4.47. The minimum absolute atomic E-state index is 0.166. The number of amides is 1. The third kappa shape index (κ3) is 3.96. The fourth-order valence-corrected chi connectivity index (χ4v) is 1.98. The number of hydrogen-bond donors (Lipinski definition) is 1. The quantitative estimate of drug-likeness (QED) is 0.833. The molecule has 0 atom stereocenters. The maximum Gasteiger partial charge on any atom is 0.258 e. The van der Waals surface area contributed by atoms with E-state index in [9.17, 15) is 9.18 Å². The molecule has 0 radical (unpaired) electrons. The molecule has 0 bridgehead atoms. The van der Waals surface area contributed by atoms with Crippen LogP contribution in [0.4, 0.5) is 4.39 Å². The fourth-order valence-electron chi connectivity index (χ4n) is 1.98. The average Bonchev–Trinajstić information content (AvgIpc) is 2.38. The van der Waals surface area contributed by atoms with Gasteiger partial charge in [-0.2, -0.15) is 0 Å². The van der Waals surface area contributed by atoms with Crippen molar-refractivity contribution >= 4 is 12.0 Å². The van der Waals surface area contributed by atoms with Crippen molar-refractivity contribution in [2.75, 3.05) is 13.1 Å². The van der Waals surface area contributed by atoms with Crippen molar-refractivity contribution in [3.8, 4) is 0 Å². The topological polar surface area (TPSA) is 32.3 Å². The average molecular weight is 248 g/mol. The lowest BCUT2D eigenvalue weighted by Gasteiger charge is -2.26. The lowest BCUT2D eigenvalue weighted by atomic mass is 10.2. The standard InChI is InChI=1S/C14H17FN2O/c15-13-6-4-5-12(11-13)7-8-14(18)16-17-9-2-1-3-10-17/h4-8,11H,1-3,9-10H2,(H,16,18)/b8-7+. The van der Waals surface area contributed by atoms with Gasteiger partial charge in [0, 0.05) is 19.2 Å². The molecule has 96 valence electrons. The number of hydrazine groups is 1. The van der Waals surface area contributed by atoms with Gasteiger partial charge in [-0.05, 0) is 36.6 Å². The Morgan fingerprint density at radius 1 is 1.28 bits per heavy atom. The minimum atomic E-state index is -0.298. The highest BCUT2D eigenvalue weighted by atomic mass is 19.1. The van der Waals surface area contributed by atoms with Crippen LogP contribution in [0.5, 0.6) is 0 Å². The highest BCUT2D eigenvalue weighted by molar-refractivity contribution is 5.91. The molecule has 1 amide bonds. The van der Waals surface area contributed by atoms with Gasteiger partial charge in [-0.15, -0.1) is 0 Å². The van der Waals surface area contributed by atoms with Crippen molar-refractivity contribution in [3.63, 3.8) is 0 Å². The predicted octanol–water partition coefficient (Wildman–Crippen LogP) is 2.36. The molecular weight excluding hydrogens is 231 g/mol. The summed E-state index contributed by atoms with van der Waals surface area (Å²) in [5.41, 5.74) is 3.50. The monoisotopic (exact) mass is 248 g/mol. The molecule has 0 aliphatic carbocycles. The Bertz CT molecular complexity index is 439.